The van der Waals surface area contributed by atoms with Gasteiger partial charge in [-0.25, -0.2) is 4.39 Å². The summed E-state index contributed by atoms with van der Waals surface area (Å²) in [5.74, 6) is -0.180. The molecule has 0 spiro atoms. The maximum absolute atomic E-state index is 13.9. The van der Waals surface area contributed by atoms with Crippen molar-refractivity contribution in [2.75, 3.05) is 44.2 Å². The quantitative estimate of drug-likeness (QED) is 0.818. The first-order valence-corrected chi connectivity index (χ1v) is 10.2. The summed E-state index contributed by atoms with van der Waals surface area (Å²) in [6.45, 7) is 4.13. The van der Waals surface area contributed by atoms with E-state index in [9.17, 15) is 14.0 Å². The summed E-state index contributed by atoms with van der Waals surface area (Å²) in [6.07, 6.45) is 5.25. The van der Waals surface area contributed by atoms with Gasteiger partial charge in [-0.15, -0.1) is 0 Å². The lowest BCUT2D eigenvalue weighted by Crippen LogP contribution is -2.49. The minimum atomic E-state index is -0.220. The van der Waals surface area contributed by atoms with Crippen molar-refractivity contribution < 1.29 is 14.0 Å². The van der Waals surface area contributed by atoms with Crippen LogP contribution in [-0.4, -0.2) is 60.9 Å². The maximum atomic E-state index is 13.9. The monoisotopic (exact) mass is 373 g/mol. The number of amides is 2. The number of benzene rings is 1. The van der Waals surface area contributed by atoms with Crippen molar-refractivity contribution in [3.63, 3.8) is 0 Å². The van der Waals surface area contributed by atoms with Crippen molar-refractivity contribution >= 4 is 17.5 Å². The van der Waals surface area contributed by atoms with Crippen LogP contribution in [0.4, 0.5) is 10.1 Å². The molecule has 2 unspecified atom stereocenters. The number of rotatable bonds is 3. The largest absolute Gasteiger partial charge is 0.366 e. The number of likely N-dealkylation sites (tertiary alicyclic amines) is 1. The first-order valence-electron chi connectivity index (χ1n) is 10.2. The number of carbonyl (C=O) groups excluding carboxylic acids is 2. The Labute approximate surface area is 160 Å². The number of hydrogen-bond donors (Lipinski definition) is 0. The van der Waals surface area contributed by atoms with Crippen molar-refractivity contribution in [1.29, 1.82) is 0 Å². The Bertz CT molecular complexity index is 694. The highest BCUT2D eigenvalue weighted by atomic mass is 19.1. The van der Waals surface area contributed by atoms with Gasteiger partial charge in [0.2, 0.25) is 11.8 Å². The van der Waals surface area contributed by atoms with Gasteiger partial charge in [0.15, 0.2) is 0 Å². The van der Waals surface area contributed by atoms with E-state index in [0.29, 0.717) is 38.3 Å². The number of halogens is 1. The zero-order valence-corrected chi connectivity index (χ0v) is 15.8. The molecule has 146 valence electrons. The Hall–Kier alpha value is -2.11. The fourth-order valence-electron chi connectivity index (χ4n) is 4.38. The average Bonchev–Trinajstić information content (AvgIpc) is 3.51. The van der Waals surface area contributed by atoms with Gasteiger partial charge in [-0.1, -0.05) is 25.0 Å². The van der Waals surface area contributed by atoms with E-state index in [2.05, 4.69) is 0 Å². The highest BCUT2D eigenvalue weighted by Crippen LogP contribution is 2.42. The normalized spacial score (nSPS) is 25.9. The van der Waals surface area contributed by atoms with E-state index in [1.165, 1.54) is 18.9 Å². The van der Waals surface area contributed by atoms with Crippen LogP contribution >= 0.6 is 0 Å². The highest BCUT2D eigenvalue weighted by molar-refractivity contribution is 5.92. The van der Waals surface area contributed by atoms with Gasteiger partial charge in [0.1, 0.15) is 5.82 Å². The number of anilines is 1. The summed E-state index contributed by atoms with van der Waals surface area (Å²) in [6, 6.07) is 6.77. The van der Waals surface area contributed by atoms with E-state index >= 15 is 0 Å². The topological polar surface area (TPSA) is 43.9 Å². The van der Waals surface area contributed by atoms with Gasteiger partial charge < -0.3 is 14.7 Å². The summed E-state index contributed by atoms with van der Waals surface area (Å²) in [4.78, 5) is 31.3. The number of hydrogen-bond acceptors (Lipinski definition) is 3. The summed E-state index contributed by atoms with van der Waals surface area (Å²) in [5, 5.41) is 0. The molecule has 1 aromatic carbocycles. The Morgan fingerprint density at radius 2 is 1.33 bits per heavy atom. The average molecular weight is 373 g/mol. The fourth-order valence-corrected chi connectivity index (χ4v) is 4.38. The van der Waals surface area contributed by atoms with E-state index in [1.807, 2.05) is 20.8 Å². The zero-order chi connectivity index (χ0) is 18.8. The van der Waals surface area contributed by atoms with Crippen molar-refractivity contribution in [1.82, 2.24) is 9.80 Å². The van der Waals surface area contributed by atoms with Gasteiger partial charge in [-0.3, -0.25) is 9.59 Å². The van der Waals surface area contributed by atoms with Gasteiger partial charge in [-0.05, 0) is 31.4 Å². The lowest BCUT2D eigenvalue weighted by molar-refractivity contribution is -0.138. The van der Waals surface area contributed by atoms with Crippen LogP contribution < -0.4 is 4.90 Å². The lowest BCUT2D eigenvalue weighted by atomic mass is 10.2. The van der Waals surface area contributed by atoms with Crippen LogP contribution in [0.5, 0.6) is 0 Å². The first-order chi connectivity index (χ1) is 13.1. The molecule has 1 saturated carbocycles. The smallest absolute Gasteiger partial charge is 0.226 e. The minimum absolute atomic E-state index is 0.108. The van der Waals surface area contributed by atoms with Gasteiger partial charge >= 0.3 is 0 Å². The Kier molecular flexibility index (Phi) is 5.32. The van der Waals surface area contributed by atoms with Gasteiger partial charge in [0.05, 0.1) is 17.5 Å². The summed E-state index contributed by atoms with van der Waals surface area (Å²) in [7, 11) is 0. The number of piperazine rings is 1. The Morgan fingerprint density at radius 3 is 1.93 bits per heavy atom. The van der Waals surface area contributed by atoms with E-state index in [-0.39, 0.29) is 29.5 Å². The molecule has 1 aromatic rings. The lowest BCUT2D eigenvalue weighted by Gasteiger charge is -2.36. The molecule has 2 heterocycles. The fraction of sp³-hybridized carbons (Fsp3) is 0.619. The minimum Gasteiger partial charge on any atom is -0.366 e. The van der Waals surface area contributed by atoms with Crippen LogP contribution in [0.3, 0.4) is 0 Å². The molecule has 6 heteroatoms. The molecule has 0 bridgehead atoms. The van der Waals surface area contributed by atoms with Crippen molar-refractivity contribution in [2.45, 2.75) is 32.1 Å². The molecule has 0 radical (unpaired) electrons. The molecule has 27 heavy (non-hydrogen) atoms. The molecule has 2 atom stereocenters. The molecule has 3 aliphatic rings. The van der Waals surface area contributed by atoms with Crippen molar-refractivity contribution in [2.24, 2.45) is 11.8 Å². The van der Waals surface area contributed by atoms with Crippen LogP contribution in [0, 0.1) is 17.7 Å². The molecular weight excluding hydrogens is 345 g/mol. The van der Waals surface area contributed by atoms with Crippen molar-refractivity contribution in [3.8, 4) is 0 Å². The molecule has 4 rings (SSSR count). The molecule has 1 aliphatic carbocycles. The first kappa shape index (κ1) is 18.3. The predicted molar refractivity (Wildman–Crippen MR) is 102 cm³/mol. The van der Waals surface area contributed by atoms with Crippen LogP contribution in [0.15, 0.2) is 24.3 Å². The summed E-state index contributed by atoms with van der Waals surface area (Å²) in [5.41, 5.74) is 0.602. The third-order valence-electron chi connectivity index (χ3n) is 6.13. The van der Waals surface area contributed by atoms with Crippen LogP contribution in [0.1, 0.15) is 32.1 Å². The molecule has 3 fully saturated rings. The SMILES string of the molecule is O=C(C1CC1C(=O)N1CCN(c2ccccc2F)CC1)N1CCCCCC1. The zero-order valence-electron chi connectivity index (χ0n) is 15.8. The van der Waals surface area contributed by atoms with E-state index in [0.717, 1.165) is 25.9 Å². The molecule has 2 saturated heterocycles. The van der Waals surface area contributed by atoms with E-state index in [1.54, 1.807) is 12.1 Å². The standard InChI is InChI=1S/C21H28FN3O2/c22-18-7-3-4-8-19(18)23-11-13-25(14-12-23)21(27)17-15-16(17)20(26)24-9-5-1-2-6-10-24/h3-4,7-8,16-17H,1-2,5-6,9-15H2. The molecule has 2 aliphatic heterocycles. The third-order valence-corrected chi connectivity index (χ3v) is 6.13. The summed E-state index contributed by atoms with van der Waals surface area (Å²) < 4.78 is 13.9. The van der Waals surface area contributed by atoms with Crippen LogP contribution in [0.2, 0.25) is 0 Å². The number of carbonyl (C=O) groups is 2. The van der Waals surface area contributed by atoms with Crippen LogP contribution in [-0.2, 0) is 9.59 Å². The predicted octanol–water partition coefficient (Wildman–Crippen LogP) is 2.51. The second kappa shape index (κ2) is 7.87. The van der Waals surface area contributed by atoms with Gasteiger partial charge in [0.25, 0.3) is 0 Å². The highest BCUT2D eigenvalue weighted by Gasteiger charge is 2.51. The number of nitrogens with zero attached hydrogens (tertiary/aromatic N) is 3. The molecule has 0 N–H and O–H groups in total. The van der Waals surface area contributed by atoms with Crippen molar-refractivity contribution in [3.05, 3.63) is 30.1 Å². The van der Waals surface area contributed by atoms with Gasteiger partial charge in [-0.2, -0.15) is 0 Å². The molecule has 5 nitrogen and oxygen atoms in total. The van der Waals surface area contributed by atoms with E-state index in [4.69, 9.17) is 0 Å². The second-order valence-electron chi connectivity index (χ2n) is 7.95. The van der Waals surface area contributed by atoms with Gasteiger partial charge in [0, 0.05) is 39.3 Å². The third kappa shape index (κ3) is 3.94. The maximum Gasteiger partial charge on any atom is 0.226 e. The molecule has 2 amide bonds. The summed E-state index contributed by atoms with van der Waals surface area (Å²) >= 11 is 0. The van der Waals surface area contributed by atoms with Crippen LogP contribution in [0.25, 0.3) is 0 Å². The van der Waals surface area contributed by atoms with E-state index < -0.39 is 0 Å². The molecule has 0 aromatic heterocycles. The molecular formula is C21H28FN3O2. The Morgan fingerprint density at radius 1 is 0.778 bits per heavy atom. The Balaban J connectivity index is 1.29. The second-order valence-corrected chi connectivity index (χ2v) is 7.95. The number of para-hydroxylation sites is 1.